The molecule has 6 aromatic carbocycles. The smallest absolute Gasteiger partial charge is 0.424 e. The molecule has 2 N–H and O–H groups in total. The van der Waals surface area contributed by atoms with Crippen molar-refractivity contribution in [2.45, 2.75) is 36.6 Å². The van der Waals surface area contributed by atoms with Crippen LogP contribution < -0.4 is 9.47 Å². The minimum absolute atomic E-state index is 0.0491. The lowest BCUT2D eigenvalue weighted by molar-refractivity contribution is -0.384. The van der Waals surface area contributed by atoms with Crippen molar-refractivity contribution in [3.8, 4) is 11.5 Å². The number of nitrogens with zero attached hydrogens (tertiary/aromatic N) is 4. The molecule has 340 valence electrons. The zero-order valence-corrected chi connectivity index (χ0v) is 34.4. The normalized spacial score (nSPS) is 13.6. The SMILES string of the molecule is O=[N+]([O-])c1ccc2c(C(O)(COc3ccccc3)C(F)(F)F)cn(Cc3ccccc3)c2c1.O=[N+]([O-])c1ccc2c(C(O)(COc3ccccc3)C(F)(F)F)cn(Cc3ccccc3)c2c1. The fraction of sp³-hybridized carbons (Fsp3) is 0.167. The molecule has 0 aliphatic rings. The molecule has 0 amide bonds. The van der Waals surface area contributed by atoms with E-state index in [4.69, 9.17) is 9.47 Å². The lowest BCUT2D eigenvalue weighted by Gasteiger charge is -2.30. The van der Waals surface area contributed by atoms with Crippen LogP contribution in [0.2, 0.25) is 0 Å². The monoisotopic (exact) mass is 912 g/mol. The first-order valence-corrected chi connectivity index (χ1v) is 20.0. The van der Waals surface area contributed by atoms with Crippen LogP contribution in [0.15, 0.2) is 170 Å². The molecule has 0 radical (unpaired) electrons. The van der Waals surface area contributed by atoms with Crippen molar-refractivity contribution in [3.63, 3.8) is 0 Å². The van der Waals surface area contributed by atoms with Crippen LogP contribution in [0.5, 0.6) is 11.5 Å². The molecule has 0 aliphatic heterocycles. The van der Waals surface area contributed by atoms with Gasteiger partial charge in [0.05, 0.1) is 20.9 Å². The van der Waals surface area contributed by atoms with Crippen molar-refractivity contribution in [2.75, 3.05) is 13.2 Å². The van der Waals surface area contributed by atoms with Gasteiger partial charge in [0, 0.05) is 71.6 Å². The summed E-state index contributed by atoms with van der Waals surface area (Å²) in [6, 6.07) is 40.7. The number of para-hydroxylation sites is 2. The van der Waals surface area contributed by atoms with Gasteiger partial charge >= 0.3 is 12.4 Å². The number of aliphatic hydroxyl groups is 2. The first-order valence-electron chi connectivity index (χ1n) is 20.0. The average Bonchev–Trinajstić information content (AvgIpc) is 3.86. The Bertz CT molecular complexity index is 2750. The number of non-ortho nitro benzene ring substituents is 2. The third kappa shape index (κ3) is 9.84. The fourth-order valence-electron chi connectivity index (χ4n) is 7.30. The maximum atomic E-state index is 14.2. The molecule has 0 saturated heterocycles. The van der Waals surface area contributed by atoms with Gasteiger partial charge in [-0.05, 0) is 47.5 Å². The molecular weight excluding hydrogens is 875 g/mol. The highest BCUT2D eigenvalue weighted by atomic mass is 19.4. The van der Waals surface area contributed by atoms with Crippen LogP contribution in [0, 0.1) is 20.2 Å². The Morgan fingerprint density at radius 3 is 1.11 bits per heavy atom. The van der Waals surface area contributed by atoms with E-state index in [9.17, 15) is 56.8 Å². The Labute approximate surface area is 371 Å². The minimum atomic E-state index is -5.07. The van der Waals surface area contributed by atoms with E-state index in [0.29, 0.717) is 0 Å². The van der Waals surface area contributed by atoms with E-state index in [-0.39, 0.29) is 57.8 Å². The average molecular weight is 913 g/mol. The maximum absolute atomic E-state index is 14.2. The number of ether oxygens (including phenoxy) is 2. The first kappa shape index (κ1) is 46.3. The van der Waals surface area contributed by atoms with Crippen LogP contribution in [-0.4, -0.2) is 54.8 Å². The fourth-order valence-corrected chi connectivity index (χ4v) is 7.30. The summed E-state index contributed by atoms with van der Waals surface area (Å²) in [6.07, 6.45) is -7.78. The van der Waals surface area contributed by atoms with E-state index in [1.54, 1.807) is 97.1 Å². The second-order valence-corrected chi connectivity index (χ2v) is 15.1. The number of nitro benzene ring substituents is 2. The van der Waals surface area contributed by atoms with E-state index >= 15 is 0 Å². The van der Waals surface area contributed by atoms with E-state index < -0.39 is 57.7 Å². The number of alkyl halides is 6. The largest absolute Gasteiger partial charge is 0.490 e. The zero-order valence-electron chi connectivity index (χ0n) is 34.4. The molecule has 18 heteroatoms. The van der Waals surface area contributed by atoms with Crippen LogP contribution in [-0.2, 0) is 24.3 Å². The Morgan fingerprint density at radius 1 is 0.485 bits per heavy atom. The van der Waals surface area contributed by atoms with Gasteiger partial charge in [-0.3, -0.25) is 20.2 Å². The van der Waals surface area contributed by atoms with Crippen LogP contribution in [0.25, 0.3) is 21.8 Å². The number of halogens is 6. The first-order chi connectivity index (χ1) is 31.4. The summed E-state index contributed by atoms with van der Waals surface area (Å²) in [6.45, 7) is -1.85. The van der Waals surface area contributed by atoms with Gasteiger partial charge in [-0.15, -0.1) is 0 Å². The lowest BCUT2D eigenvalue weighted by Crippen LogP contribution is -2.47. The van der Waals surface area contributed by atoms with Gasteiger partial charge in [0.15, 0.2) is 0 Å². The quantitative estimate of drug-likeness (QED) is 0.0621. The van der Waals surface area contributed by atoms with Crippen LogP contribution in [0.3, 0.4) is 0 Å². The standard InChI is InChI=1S/2C24H19F3N2O4/c2*25-24(26,27)23(30,16-33-19-9-5-2-6-10-19)21-15-28(14-17-7-3-1-4-8-17)22-13-18(29(31)32)11-12-20(21)22/h2*1-13,15,30H,14,16H2. The molecule has 0 saturated carbocycles. The third-order valence-electron chi connectivity index (χ3n) is 10.8. The van der Waals surface area contributed by atoms with E-state index in [2.05, 4.69) is 0 Å². The van der Waals surface area contributed by atoms with Gasteiger partial charge in [-0.25, -0.2) is 0 Å². The summed E-state index contributed by atoms with van der Waals surface area (Å²) in [5.74, 6) is 0.340. The molecule has 66 heavy (non-hydrogen) atoms. The summed E-state index contributed by atoms with van der Waals surface area (Å²) in [5.41, 5.74) is -6.14. The van der Waals surface area contributed by atoms with Gasteiger partial charge < -0.3 is 28.8 Å². The minimum Gasteiger partial charge on any atom is -0.490 e. The summed E-state index contributed by atoms with van der Waals surface area (Å²) in [5, 5.41) is 44.5. The van der Waals surface area contributed by atoms with E-state index in [0.717, 1.165) is 23.3 Å². The highest BCUT2D eigenvalue weighted by Crippen LogP contribution is 2.45. The molecule has 0 bridgehead atoms. The van der Waals surface area contributed by atoms with Gasteiger partial charge in [0.2, 0.25) is 11.2 Å². The van der Waals surface area contributed by atoms with Crippen molar-refractivity contribution in [1.29, 1.82) is 0 Å². The highest BCUT2D eigenvalue weighted by molar-refractivity contribution is 5.88. The number of fused-ring (bicyclic) bond motifs is 2. The predicted octanol–water partition coefficient (Wildman–Crippen LogP) is 10.9. The topological polar surface area (TPSA) is 155 Å². The van der Waals surface area contributed by atoms with Crippen molar-refractivity contribution in [1.82, 2.24) is 9.13 Å². The summed E-state index contributed by atoms with van der Waals surface area (Å²) < 4.78 is 98.8. The number of rotatable bonds is 14. The molecule has 2 unspecified atom stereocenters. The lowest BCUT2D eigenvalue weighted by atomic mass is 9.93. The van der Waals surface area contributed by atoms with Crippen molar-refractivity contribution in [2.24, 2.45) is 0 Å². The van der Waals surface area contributed by atoms with E-state index in [1.807, 2.05) is 0 Å². The molecule has 2 heterocycles. The number of hydrogen-bond donors (Lipinski definition) is 2. The van der Waals surface area contributed by atoms with Crippen molar-refractivity contribution in [3.05, 3.63) is 213 Å². The molecule has 8 rings (SSSR count). The number of nitro groups is 2. The molecule has 2 atom stereocenters. The second kappa shape index (κ2) is 18.8. The molecule has 8 aromatic rings. The molecular formula is C48H38F6N4O8. The highest BCUT2D eigenvalue weighted by Gasteiger charge is 2.58. The molecule has 0 spiro atoms. The number of benzene rings is 6. The Balaban J connectivity index is 0.000000196. The molecule has 12 nitrogen and oxygen atoms in total. The van der Waals surface area contributed by atoms with Crippen molar-refractivity contribution >= 4 is 33.2 Å². The Kier molecular flexibility index (Phi) is 13.2. The van der Waals surface area contributed by atoms with Gasteiger partial charge in [-0.1, -0.05) is 97.1 Å². The Hall–Kier alpha value is -7.70. The van der Waals surface area contributed by atoms with E-state index in [1.165, 1.54) is 70.1 Å². The van der Waals surface area contributed by atoms with Crippen LogP contribution in [0.1, 0.15) is 22.3 Å². The summed E-state index contributed by atoms with van der Waals surface area (Å²) >= 11 is 0. The summed E-state index contributed by atoms with van der Waals surface area (Å²) in [7, 11) is 0. The van der Waals surface area contributed by atoms with Crippen LogP contribution in [0.4, 0.5) is 37.7 Å². The molecule has 0 fully saturated rings. The predicted molar refractivity (Wildman–Crippen MR) is 232 cm³/mol. The second-order valence-electron chi connectivity index (χ2n) is 15.1. The number of aromatic nitrogens is 2. The third-order valence-corrected chi connectivity index (χ3v) is 10.8. The molecule has 2 aromatic heterocycles. The van der Waals surface area contributed by atoms with Gasteiger partial charge in [0.25, 0.3) is 11.4 Å². The summed E-state index contributed by atoms with van der Waals surface area (Å²) in [4.78, 5) is 21.3. The van der Waals surface area contributed by atoms with Gasteiger partial charge in [-0.2, -0.15) is 26.3 Å². The maximum Gasteiger partial charge on any atom is 0.424 e. The Morgan fingerprint density at radius 2 is 0.803 bits per heavy atom. The van der Waals surface area contributed by atoms with Crippen LogP contribution >= 0.6 is 0 Å². The van der Waals surface area contributed by atoms with Crippen molar-refractivity contribution < 1.29 is 55.9 Å². The number of hydrogen-bond acceptors (Lipinski definition) is 8. The zero-order chi connectivity index (χ0) is 47.3. The molecule has 0 aliphatic carbocycles. The van der Waals surface area contributed by atoms with Gasteiger partial charge in [0.1, 0.15) is 24.7 Å².